The molecular formula is C12H19N3O3S. The molecule has 0 aliphatic carbocycles. The third kappa shape index (κ3) is 4.17. The van der Waals surface area contributed by atoms with Gasteiger partial charge in [-0.1, -0.05) is 18.2 Å². The van der Waals surface area contributed by atoms with E-state index in [4.69, 9.17) is 4.74 Å². The van der Waals surface area contributed by atoms with Gasteiger partial charge in [-0.25, -0.2) is 0 Å². The molecule has 1 aromatic rings. The van der Waals surface area contributed by atoms with Crippen LogP contribution in [0.3, 0.4) is 0 Å². The van der Waals surface area contributed by atoms with Crippen molar-refractivity contribution in [2.45, 2.75) is 12.5 Å². The van der Waals surface area contributed by atoms with Gasteiger partial charge in [0.2, 0.25) is 0 Å². The lowest BCUT2D eigenvalue weighted by Crippen LogP contribution is -2.48. The average molecular weight is 285 g/mol. The van der Waals surface area contributed by atoms with Crippen molar-refractivity contribution in [3.05, 3.63) is 29.8 Å². The Hall–Kier alpha value is -1.15. The summed E-state index contributed by atoms with van der Waals surface area (Å²) in [5, 5.41) is 3.22. The summed E-state index contributed by atoms with van der Waals surface area (Å²) in [7, 11) is -1.94. The maximum absolute atomic E-state index is 11.8. The number of benzene rings is 1. The van der Waals surface area contributed by atoms with Gasteiger partial charge in [0.05, 0.1) is 6.61 Å². The molecule has 1 aliphatic heterocycles. The van der Waals surface area contributed by atoms with Gasteiger partial charge < -0.3 is 10.1 Å². The minimum atomic E-state index is -3.48. The molecule has 0 saturated carbocycles. The average Bonchev–Trinajstić information content (AvgIpc) is 2.38. The van der Waals surface area contributed by atoms with E-state index in [1.165, 1.54) is 7.11 Å². The molecule has 1 aliphatic rings. The summed E-state index contributed by atoms with van der Waals surface area (Å²) in [6, 6.07) is 7.77. The van der Waals surface area contributed by atoms with Gasteiger partial charge in [-0.15, -0.1) is 0 Å². The molecule has 2 rings (SSSR count). The van der Waals surface area contributed by atoms with E-state index in [1.807, 2.05) is 24.3 Å². The van der Waals surface area contributed by atoms with E-state index < -0.39 is 10.2 Å². The van der Waals surface area contributed by atoms with Crippen molar-refractivity contribution >= 4 is 15.9 Å². The van der Waals surface area contributed by atoms with E-state index in [0.29, 0.717) is 19.6 Å². The molecule has 3 N–H and O–H groups in total. The van der Waals surface area contributed by atoms with Gasteiger partial charge in [-0.05, 0) is 18.1 Å². The molecule has 0 fully saturated rings. The molecule has 7 heteroatoms. The van der Waals surface area contributed by atoms with E-state index >= 15 is 0 Å². The number of nitrogens with one attached hydrogen (secondary N) is 3. The minimum absolute atomic E-state index is 0.144. The Morgan fingerprint density at radius 3 is 3.00 bits per heavy atom. The van der Waals surface area contributed by atoms with E-state index in [-0.39, 0.29) is 12.6 Å². The van der Waals surface area contributed by atoms with E-state index in [1.54, 1.807) is 0 Å². The summed E-state index contributed by atoms with van der Waals surface area (Å²) in [6.45, 7) is 1.21. The first-order valence-corrected chi connectivity index (χ1v) is 7.66. The Bertz CT molecular complexity index is 519. The number of hydrogen-bond donors (Lipinski definition) is 3. The molecule has 0 saturated heterocycles. The fourth-order valence-corrected chi connectivity index (χ4v) is 3.10. The zero-order valence-corrected chi connectivity index (χ0v) is 11.7. The molecule has 0 aromatic heterocycles. The van der Waals surface area contributed by atoms with Crippen LogP contribution in [-0.2, 0) is 21.4 Å². The number of hydrogen-bond acceptors (Lipinski definition) is 4. The number of rotatable bonds is 6. The maximum Gasteiger partial charge on any atom is 0.277 e. The Morgan fingerprint density at radius 1 is 1.42 bits per heavy atom. The van der Waals surface area contributed by atoms with Crippen LogP contribution in [-0.4, -0.2) is 41.3 Å². The third-order valence-corrected chi connectivity index (χ3v) is 4.17. The van der Waals surface area contributed by atoms with Crippen LogP contribution in [0, 0.1) is 0 Å². The van der Waals surface area contributed by atoms with Gasteiger partial charge in [0.1, 0.15) is 0 Å². The summed E-state index contributed by atoms with van der Waals surface area (Å²) in [4.78, 5) is 0. The molecule has 1 unspecified atom stereocenters. The van der Waals surface area contributed by atoms with Crippen LogP contribution in [0.25, 0.3) is 0 Å². The van der Waals surface area contributed by atoms with Crippen LogP contribution in [0.15, 0.2) is 24.3 Å². The lowest BCUT2D eigenvalue weighted by atomic mass is 10.0. The number of fused-ring (bicyclic) bond motifs is 1. The SMILES string of the molecule is COCCNS(=O)(=O)NC1CNc2ccccc2C1. The molecule has 0 radical (unpaired) electrons. The van der Waals surface area contributed by atoms with Crippen LogP contribution < -0.4 is 14.8 Å². The zero-order chi connectivity index (χ0) is 13.7. The Kier molecular flexibility index (Phi) is 4.76. The van der Waals surface area contributed by atoms with Gasteiger partial charge >= 0.3 is 0 Å². The highest BCUT2D eigenvalue weighted by Crippen LogP contribution is 2.21. The topological polar surface area (TPSA) is 79.5 Å². The highest BCUT2D eigenvalue weighted by molar-refractivity contribution is 7.87. The van der Waals surface area contributed by atoms with Crippen LogP contribution in [0.5, 0.6) is 0 Å². The van der Waals surface area contributed by atoms with Gasteiger partial charge in [-0.2, -0.15) is 17.9 Å². The van der Waals surface area contributed by atoms with Crippen LogP contribution in [0.1, 0.15) is 5.56 Å². The summed E-state index contributed by atoms with van der Waals surface area (Å²) >= 11 is 0. The maximum atomic E-state index is 11.8. The molecule has 106 valence electrons. The standard InChI is InChI=1S/C12H19N3O3S/c1-18-7-6-14-19(16,17)15-11-8-10-4-2-3-5-12(10)13-9-11/h2-5,11,13-15H,6-9H2,1H3. The summed E-state index contributed by atoms with van der Waals surface area (Å²) in [5.74, 6) is 0. The first-order valence-electron chi connectivity index (χ1n) is 6.18. The molecule has 19 heavy (non-hydrogen) atoms. The number of para-hydroxylation sites is 1. The second-order valence-electron chi connectivity index (χ2n) is 4.45. The van der Waals surface area contributed by atoms with Gasteiger partial charge in [0.15, 0.2) is 0 Å². The van der Waals surface area contributed by atoms with Crippen molar-refractivity contribution < 1.29 is 13.2 Å². The molecule has 6 nitrogen and oxygen atoms in total. The monoisotopic (exact) mass is 285 g/mol. The highest BCUT2D eigenvalue weighted by atomic mass is 32.2. The molecule has 1 atom stereocenters. The fraction of sp³-hybridized carbons (Fsp3) is 0.500. The predicted octanol–water partition coefficient (Wildman–Crippen LogP) is 0.0936. The first-order chi connectivity index (χ1) is 9.11. The number of anilines is 1. The van der Waals surface area contributed by atoms with E-state index in [2.05, 4.69) is 14.8 Å². The molecule has 0 amide bonds. The van der Waals surface area contributed by atoms with Gasteiger partial charge in [0, 0.05) is 31.9 Å². The van der Waals surface area contributed by atoms with Crippen molar-refractivity contribution in [2.24, 2.45) is 0 Å². The minimum Gasteiger partial charge on any atom is -0.383 e. The van der Waals surface area contributed by atoms with Crippen molar-refractivity contribution in [1.29, 1.82) is 0 Å². The smallest absolute Gasteiger partial charge is 0.277 e. The van der Waals surface area contributed by atoms with Crippen molar-refractivity contribution in [1.82, 2.24) is 9.44 Å². The predicted molar refractivity (Wildman–Crippen MR) is 74.4 cm³/mol. The Morgan fingerprint density at radius 2 is 2.21 bits per heavy atom. The molecular weight excluding hydrogens is 266 g/mol. The van der Waals surface area contributed by atoms with Crippen molar-refractivity contribution in [3.63, 3.8) is 0 Å². The Balaban J connectivity index is 1.91. The normalized spacial score (nSPS) is 18.7. The lowest BCUT2D eigenvalue weighted by Gasteiger charge is -2.26. The van der Waals surface area contributed by atoms with E-state index in [0.717, 1.165) is 11.3 Å². The first kappa shape index (κ1) is 14.3. The zero-order valence-electron chi connectivity index (χ0n) is 10.8. The van der Waals surface area contributed by atoms with Crippen molar-refractivity contribution in [3.8, 4) is 0 Å². The molecule has 0 spiro atoms. The summed E-state index contributed by atoms with van der Waals surface area (Å²) in [5.41, 5.74) is 2.20. The molecule has 0 bridgehead atoms. The molecule has 1 heterocycles. The van der Waals surface area contributed by atoms with Crippen LogP contribution >= 0.6 is 0 Å². The second-order valence-corrected chi connectivity index (χ2v) is 5.98. The second kappa shape index (κ2) is 6.33. The van der Waals surface area contributed by atoms with E-state index in [9.17, 15) is 8.42 Å². The number of methoxy groups -OCH3 is 1. The van der Waals surface area contributed by atoms with Crippen LogP contribution in [0.4, 0.5) is 5.69 Å². The largest absolute Gasteiger partial charge is 0.383 e. The van der Waals surface area contributed by atoms with Crippen LogP contribution in [0.2, 0.25) is 0 Å². The summed E-state index contributed by atoms with van der Waals surface area (Å²) in [6.07, 6.45) is 0.689. The third-order valence-electron chi connectivity index (χ3n) is 2.94. The highest BCUT2D eigenvalue weighted by Gasteiger charge is 2.22. The fourth-order valence-electron chi connectivity index (χ4n) is 2.06. The molecule has 1 aromatic carbocycles. The van der Waals surface area contributed by atoms with Gasteiger partial charge in [0.25, 0.3) is 10.2 Å². The van der Waals surface area contributed by atoms with Crippen molar-refractivity contribution in [2.75, 3.05) is 32.1 Å². The lowest BCUT2D eigenvalue weighted by molar-refractivity contribution is 0.204. The summed E-state index contributed by atoms with van der Waals surface area (Å²) < 4.78 is 33.4. The number of ether oxygens (including phenoxy) is 1. The quantitative estimate of drug-likeness (QED) is 0.647. The van der Waals surface area contributed by atoms with Gasteiger partial charge in [-0.3, -0.25) is 0 Å². The Labute approximate surface area is 113 Å².